The lowest BCUT2D eigenvalue weighted by Crippen LogP contribution is -2.51. The Hall–Kier alpha value is -4.49. The van der Waals surface area contributed by atoms with E-state index in [1.54, 1.807) is 0 Å². The predicted octanol–water partition coefficient (Wildman–Crippen LogP) is 4.45. The number of piperidine rings is 1. The molecule has 20 heteroatoms. The number of fused-ring (bicyclic) bond motifs is 1. The first-order valence-electron chi connectivity index (χ1n) is 12.8. The van der Waals surface area contributed by atoms with E-state index in [1.165, 1.54) is 5.56 Å². The molecule has 256 valence electrons. The molecule has 0 bridgehead atoms. The Morgan fingerprint density at radius 2 is 1.33 bits per heavy atom. The van der Waals surface area contributed by atoms with Crippen molar-refractivity contribution in [1.29, 1.82) is 0 Å². The van der Waals surface area contributed by atoms with Gasteiger partial charge in [-0.2, -0.15) is 39.5 Å². The van der Waals surface area contributed by atoms with Gasteiger partial charge < -0.3 is 20.2 Å². The van der Waals surface area contributed by atoms with E-state index < -0.39 is 36.4 Å². The maximum absolute atomic E-state index is 12.6. The van der Waals surface area contributed by atoms with Gasteiger partial charge in [-0.05, 0) is 43.5 Å². The number of aryl methyl sites for hydroxylation is 1. The highest BCUT2D eigenvalue weighted by Gasteiger charge is 2.43. The molecule has 2 aromatic rings. The summed E-state index contributed by atoms with van der Waals surface area (Å²) in [6, 6.07) is 10.9. The molecule has 46 heavy (non-hydrogen) atoms. The number of carbonyl (C=O) groups excluding carboxylic acids is 1. The summed E-state index contributed by atoms with van der Waals surface area (Å²) in [5.74, 6) is -8.00. The Morgan fingerprint density at radius 3 is 1.76 bits per heavy atom. The van der Waals surface area contributed by atoms with E-state index in [1.807, 2.05) is 43.6 Å². The van der Waals surface area contributed by atoms with E-state index in [9.17, 15) is 44.3 Å². The number of carboxylic acids is 3. The van der Waals surface area contributed by atoms with Gasteiger partial charge in [-0.15, -0.1) is 0 Å². The number of nitrogens with zero attached hydrogens (tertiary/aromatic N) is 4. The molecule has 2 atom stereocenters. The number of pyridine rings is 2. The average molecular weight is 679 g/mol. The predicted molar refractivity (Wildman–Crippen MR) is 137 cm³/mol. The number of halogens is 9. The van der Waals surface area contributed by atoms with Crippen LogP contribution < -0.4 is 0 Å². The Kier molecular flexibility index (Phi) is 14.4. The van der Waals surface area contributed by atoms with Gasteiger partial charge in [0.2, 0.25) is 5.91 Å². The molecule has 0 spiro atoms. The fourth-order valence-corrected chi connectivity index (χ4v) is 4.23. The van der Waals surface area contributed by atoms with Crippen LogP contribution in [0.1, 0.15) is 36.2 Å². The first-order chi connectivity index (χ1) is 21.0. The third-order valence-corrected chi connectivity index (χ3v) is 6.11. The summed E-state index contributed by atoms with van der Waals surface area (Å²) in [6.07, 6.45) is -8.86. The zero-order valence-electron chi connectivity index (χ0n) is 23.6. The van der Waals surface area contributed by atoms with Crippen LogP contribution in [-0.4, -0.2) is 96.1 Å². The minimum absolute atomic E-state index is 0.271. The standard InChI is InChI=1S/C20H24N4O.3C2HF3O2/c1-15-4-2-6-17(22-15)14-24-19-9-11-23(18(19)7-8-20(24)25)13-16-5-3-10-21-12-16;3*3-2(4,5)1(6)7/h2-6,10,12,18-19H,7-9,11,13-14H2,1H3;3*(H,6,7)/t18-,19-;;;/m1.../s1. The zero-order chi connectivity index (χ0) is 35.5. The van der Waals surface area contributed by atoms with Crippen molar-refractivity contribution in [2.45, 2.75) is 69.9 Å². The number of rotatable bonds is 4. The van der Waals surface area contributed by atoms with E-state index in [0.717, 1.165) is 37.3 Å². The molecule has 3 N–H and O–H groups in total. The molecule has 0 aliphatic carbocycles. The molecular formula is C26H27F9N4O7. The van der Waals surface area contributed by atoms with E-state index in [-0.39, 0.29) is 5.91 Å². The van der Waals surface area contributed by atoms with Crippen molar-refractivity contribution >= 4 is 23.8 Å². The molecule has 2 aliphatic rings. The lowest BCUT2D eigenvalue weighted by Gasteiger charge is -2.39. The molecule has 0 aromatic carbocycles. The van der Waals surface area contributed by atoms with Gasteiger partial charge >= 0.3 is 36.4 Å². The summed E-state index contributed by atoms with van der Waals surface area (Å²) >= 11 is 0. The summed E-state index contributed by atoms with van der Waals surface area (Å²) in [4.78, 5) is 52.6. The number of aliphatic carboxylic acids is 3. The molecular weight excluding hydrogens is 651 g/mol. The smallest absolute Gasteiger partial charge is 0.475 e. The highest BCUT2D eigenvalue weighted by atomic mass is 19.4. The van der Waals surface area contributed by atoms with Crippen molar-refractivity contribution in [3.63, 3.8) is 0 Å². The monoisotopic (exact) mass is 678 g/mol. The van der Waals surface area contributed by atoms with E-state index >= 15 is 0 Å². The zero-order valence-corrected chi connectivity index (χ0v) is 23.6. The quantitative estimate of drug-likeness (QED) is 0.394. The number of amides is 1. The molecule has 2 aliphatic heterocycles. The SMILES string of the molecule is Cc1cccc(CN2C(=O)CC[C@@H]3[C@H]2CCN3Cc2cccnc2)n1.O=C(O)C(F)(F)F.O=C(O)C(F)(F)F.O=C(O)C(F)(F)F. The van der Waals surface area contributed by atoms with Crippen LogP contribution >= 0.6 is 0 Å². The third kappa shape index (κ3) is 13.7. The lowest BCUT2D eigenvalue weighted by atomic mass is 9.95. The van der Waals surface area contributed by atoms with Gasteiger partial charge in [0.25, 0.3) is 0 Å². The maximum Gasteiger partial charge on any atom is 0.490 e. The Labute approximate surface area is 254 Å². The lowest BCUT2D eigenvalue weighted by molar-refractivity contribution is -0.193. The Bertz CT molecular complexity index is 1270. The van der Waals surface area contributed by atoms with E-state index in [4.69, 9.17) is 29.7 Å². The normalized spacial score (nSPS) is 18.0. The fraction of sp³-hybridized carbons (Fsp3) is 0.462. The summed E-state index contributed by atoms with van der Waals surface area (Å²) in [6.45, 7) is 4.58. The second kappa shape index (κ2) is 16.7. The molecule has 2 aromatic heterocycles. The minimum atomic E-state index is -5.08. The summed E-state index contributed by atoms with van der Waals surface area (Å²) < 4.78 is 95.2. The van der Waals surface area contributed by atoms with Crippen molar-refractivity contribution in [2.24, 2.45) is 0 Å². The van der Waals surface area contributed by atoms with Gasteiger partial charge in [0.15, 0.2) is 0 Å². The number of alkyl halides is 9. The summed E-state index contributed by atoms with van der Waals surface area (Å²) in [7, 11) is 0. The number of carboxylic acid groups (broad SMARTS) is 3. The van der Waals surface area contributed by atoms with Crippen LogP contribution in [0.25, 0.3) is 0 Å². The third-order valence-electron chi connectivity index (χ3n) is 6.11. The van der Waals surface area contributed by atoms with E-state index in [2.05, 4.69) is 25.8 Å². The second-order valence-corrected chi connectivity index (χ2v) is 9.49. The van der Waals surface area contributed by atoms with Gasteiger partial charge in [0.1, 0.15) is 0 Å². The van der Waals surface area contributed by atoms with Crippen LogP contribution in [-0.2, 0) is 32.3 Å². The number of hydrogen-bond donors (Lipinski definition) is 3. The van der Waals surface area contributed by atoms with Crippen molar-refractivity contribution in [2.75, 3.05) is 6.54 Å². The van der Waals surface area contributed by atoms with Crippen LogP contribution in [0.3, 0.4) is 0 Å². The molecule has 4 rings (SSSR count). The fourth-order valence-electron chi connectivity index (χ4n) is 4.23. The number of hydrogen-bond acceptors (Lipinski definition) is 7. The van der Waals surface area contributed by atoms with Crippen LogP contribution in [0.15, 0.2) is 42.7 Å². The highest BCUT2D eigenvalue weighted by molar-refractivity contribution is 5.77. The Morgan fingerprint density at radius 1 is 0.804 bits per heavy atom. The van der Waals surface area contributed by atoms with Gasteiger partial charge in [-0.3, -0.25) is 19.7 Å². The molecule has 0 unspecified atom stereocenters. The van der Waals surface area contributed by atoms with Crippen LogP contribution in [0.2, 0.25) is 0 Å². The van der Waals surface area contributed by atoms with Gasteiger partial charge in [0.05, 0.1) is 12.2 Å². The molecule has 0 radical (unpaired) electrons. The number of aromatic nitrogens is 2. The van der Waals surface area contributed by atoms with Gasteiger partial charge in [0, 0.05) is 49.7 Å². The summed E-state index contributed by atoms with van der Waals surface area (Å²) in [5.41, 5.74) is 3.23. The van der Waals surface area contributed by atoms with Crippen molar-refractivity contribution < 1.29 is 74.0 Å². The van der Waals surface area contributed by atoms with Gasteiger partial charge in [-0.25, -0.2) is 14.4 Å². The molecule has 11 nitrogen and oxygen atoms in total. The van der Waals surface area contributed by atoms with Crippen LogP contribution in [0.5, 0.6) is 0 Å². The Balaban J connectivity index is 0.000000413. The van der Waals surface area contributed by atoms with Crippen molar-refractivity contribution in [3.05, 3.63) is 59.7 Å². The first kappa shape index (κ1) is 39.5. The molecule has 2 fully saturated rings. The second-order valence-electron chi connectivity index (χ2n) is 9.49. The highest BCUT2D eigenvalue weighted by Crippen LogP contribution is 2.33. The number of carbonyl (C=O) groups is 4. The largest absolute Gasteiger partial charge is 0.490 e. The topological polar surface area (TPSA) is 161 Å². The molecule has 2 saturated heterocycles. The van der Waals surface area contributed by atoms with Gasteiger partial charge in [-0.1, -0.05) is 12.1 Å². The van der Waals surface area contributed by atoms with Crippen molar-refractivity contribution in [1.82, 2.24) is 19.8 Å². The maximum atomic E-state index is 12.6. The molecule has 1 amide bonds. The van der Waals surface area contributed by atoms with Crippen LogP contribution in [0.4, 0.5) is 39.5 Å². The van der Waals surface area contributed by atoms with Crippen LogP contribution in [0, 0.1) is 6.92 Å². The summed E-state index contributed by atoms with van der Waals surface area (Å²) in [5, 5.41) is 21.4. The minimum Gasteiger partial charge on any atom is -0.475 e. The molecule has 0 saturated carbocycles. The number of likely N-dealkylation sites (tertiary alicyclic amines) is 2. The molecule has 4 heterocycles. The average Bonchev–Trinajstić information content (AvgIpc) is 3.33. The first-order valence-corrected chi connectivity index (χ1v) is 12.8. The van der Waals surface area contributed by atoms with Crippen molar-refractivity contribution in [3.8, 4) is 0 Å². The van der Waals surface area contributed by atoms with E-state index in [0.29, 0.717) is 25.0 Å².